The number of rotatable bonds is 7. The second kappa shape index (κ2) is 8.90. The van der Waals surface area contributed by atoms with Gasteiger partial charge in [0.25, 0.3) is 0 Å². The average Bonchev–Trinajstić information content (AvgIpc) is 3.40. The molecule has 1 aromatic heterocycles. The fourth-order valence-electron chi connectivity index (χ4n) is 4.07. The van der Waals surface area contributed by atoms with Crippen LogP contribution in [-0.4, -0.2) is 42.5 Å². The normalized spacial score (nSPS) is 17.1. The third-order valence-corrected chi connectivity index (χ3v) is 5.84. The summed E-state index contributed by atoms with van der Waals surface area (Å²) in [6, 6.07) is 12.8. The molecular formula is C24H28N4O4. The molecule has 8 nitrogen and oxygen atoms in total. The summed E-state index contributed by atoms with van der Waals surface area (Å²) in [5, 5.41) is 3.11. The van der Waals surface area contributed by atoms with Crippen LogP contribution in [0.2, 0.25) is 0 Å². The quantitative estimate of drug-likeness (QED) is 0.591. The van der Waals surface area contributed by atoms with Gasteiger partial charge in [-0.15, -0.1) is 0 Å². The van der Waals surface area contributed by atoms with Crippen molar-refractivity contribution in [2.75, 3.05) is 25.7 Å². The van der Waals surface area contributed by atoms with Gasteiger partial charge in [0.15, 0.2) is 0 Å². The Hall–Kier alpha value is -3.55. The first kappa shape index (κ1) is 21.7. The molecule has 2 atom stereocenters. The third kappa shape index (κ3) is 4.12. The summed E-state index contributed by atoms with van der Waals surface area (Å²) in [5.41, 5.74) is 2.42. The van der Waals surface area contributed by atoms with Gasteiger partial charge in [0.1, 0.15) is 17.3 Å². The summed E-state index contributed by atoms with van der Waals surface area (Å²) in [7, 11) is 3.12. The molecule has 2 N–H and O–H groups in total. The number of amides is 2. The molecule has 3 aromatic rings. The summed E-state index contributed by atoms with van der Waals surface area (Å²) in [5.74, 6) is 1.27. The number of aromatic nitrogens is 2. The van der Waals surface area contributed by atoms with E-state index in [1.165, 1.54) is 0 Å². The van der Waals surface area contributed by atoms with Crippen molar-refractivity contribution in [3.8, 4) is 11.5 Å². The van der Waals surface area contributed by atoms with E-state index in [-0.39, 0.29) is 36.7 Å². The smallest absolute Gasteiger partial charge is 0.227 e. The van der Waals surface area contributed by atoms with E-state index in [1.54, 1.807) is 37.3 Å². The van der Waals surface area contributed by atoms with Gasteiger partial charge in [-0.05, 0) is 30.2 Å². The van der Waals surface area contributed by atoms with Crippen LogP contribution in [0, 0.1) is 11.8 Å². The molecule has 0 radical (unpaired) electrons. The molecule has 32 heavy (non-hydrogen) atoms. The molecule has 0 aliphatic carbocycles. The molecule has 0 saturated carbocycles. The van der Waals surface area contributed by atoms with Crippen molar-refractivity contribution >= 4 is 28.5 Å². The first-order valence-electron chi connectivity index (χ1n) is 10.7. The van der Waals surface area contributed by atoms with Crippen LogP contribution in [0.3, 0.4) is 0 Å². The number of nitrogens with zero attached hydrogens (tertiary/aromatic N) is 2. The van der Waals surface area contributed by atoms with Gasteiger partial charge in [-0.3, -0.25) is 9.59 Å². The number of imidazole rings is 1. The van der Waals surface area contributed by atoms with Crippen molar-refractivity contribution in [2.24, 2.45) is 11.8 Å². The zero-order valence-electron chi connectivity index (χ0n) is 18.7. The van der Waals surface area contributed by atoms with Gasteiger partial charge in [0.2, 0.25) is 11.8 Å². The number of ether oxygens (including phenoxy) is 2. The first-order valence-corrected chi connectivity index (χ1v) is 10.7. The molecule has 4 rings (SSSR count). The topological polar surface area (TPSA) is 96.5 Å². The Balaban J connectivity index is 1.51. The molecule has 2 unspecified atom stereocenters. The van der Waals surface area contributed by atoms with Gasteiger partial charge in [0.05, 0.1) is 42.9 Å². The largest absolute Gasteiger partial charge is 0.497 e. The van der Waals surface area contributed by atoms with Crippen LogP contribution in [0.5, 0.6) is 11.5 Å². The first-order chi connectivity index (χ1) is 15.4. The second-order valence-corrected chi connectivity index (χ2v) is 8.31. The molecule has 0 spiro atoms. The number of carbonyl (C=O) groups excluding carboxylic acids is 2. The SMILES string of the molecule is COc1ccc(N2CC(C(=O)NC(c3nc4ccccc4[nH]3)C(C)C)CC2=O)c(OC)c1. The Bertz CT molecular complexity index is 1110. The van der Waals surface area contributed by atoms with Gasteiger partial charge in [-0.25, -0.2) is 4.98 Å². The number of carbonyl (C=O) groups is 2. The van der Waals surface area contributed by atoms with Crippen molar-refractivity contribution in [3.05, 3.63) is 48.3 Å². The second-order valence-electron chi connectivity index (χ2n) is 8.31. The lowest BCUT2D eigenvalue weighted by Gasteiger charge is -2.23. The summed E-state index contributed by atoms with van der Waals surface area (Å²) in [4.78, 5) is 35.5. The minimum atomic E-state index is -0.458. The monoisotopic (exact) mass is 436 g/mol. The highest BCUT2D eigenvalue weighted by Crippen LogP contribution is 2.36. The highest BCUT2D eigenvalue weighted by atomic mass is 16.5. The number of methoxy groups -OCH3 is 2. The van der Waals surface area contributed by atoms with Crippen LogP contribution in [-0.2, 0) is 9.59 Å². The maximum atomic E-state index is 13.1. The van der Waals surface area contributed by atoms with Crippen LogP contribution in [0.25, 0.3) is 11.0 Å². The predicted molar refractivity (Wildman–Crippen MR) is 122 cm³/mol. The van der Waals surface area contributed by atoms with E-state index < -0.39 is 5.92 Å². The molecule has 1 aliphatic rings. The van der Waals surface area contributed by atoms with Gasteiger partial charge >= 0.3 is 0 Å². The average molecular weight is 437 g/mol. The molecule has 168 valence electrons. The molecular weight excluding hydrogens is 408 g/mol. The third-order valence-electron chi connectivity index (χ3n) is 5.84. The fourth-order valence-corrected chi connectivity index (χ4v) is 4.07. The van der Waals surface area contributed by atoms with Crippen molar-refractivity contribution < 1.29 is 19.1 Å². The zero-order chi connectivity index (χ0) is 22.8. The molecule has 1 aliphatic heterocycles. The minimum Gasteiger partial charge on any atom is -0.497 e. The highest BCUT2D eigenvalue weighted by Gasteiger charge is 2.37. The Morgan fingerprint density at radius 3 is 2.66 bits per heavy atom. The van der Waals surface area contributed by atoms with E-state index in [0.29, 0.717) is 23.0 Å². The molecule has 2 amide bonds. The number of para-hydroxylation sites is 2. The molecule has 1 saturated heterocycles. The highest BCUT2D eigenvalue weighted by molar-refractivity contribution is 6.01. The Kier molecular flexibility index (Phi) is 6.03. The number of anilines is 1. The van der Waals surface area contributed by atoms with Gasteiger partial charge in [-0.1, -0.05) is 26.0 Å². The summed E-state index contributed by atoms with van der Waals surface area (Å²) in [6.07, 6.45) is 0.145. The Morgan fingerprint density at radius 2 is 1.97 bits per heavy atom. The van der Waals surface area contributed by atoms with E-state index in [9.17, 15) is 9.59 Å². The van der Waals surface area contributed by atoms with Gasteiger partial charge < -0.3 is 24.7 Å². The standard InChI is InChI=1S/C24H28N4O4/c1-14(2)22(23-25-17-7-5-6-8-18(17)26-23)27-24(30)15-11-21(29)28(13-15)19-10-9-16(31-3)12-20(19)32-4/h5-10,12,14-15,22H,11,13H2,1-4H3,(H,25,26)(H,27,30). The lowest BCUT2D eigenvalue weighted by molar-refractivity contribution is -0.127. The number of H-pyrrole nitrogens is 1. The van der Waals surface area contributed by atoms with E-state index in [2.05, 4.69) is 15.3 Å². The maximum absolute atomic E-state index is 13.1. The fraction of sp³-hybridized carbons (Fsp3) is 0.375. The van der Waals surface area contributed by atoms with Crippen LogP contribution in [0.4, 0.5) is 5.69 Å². The summed E-state index contributed by atoms with van der Waals surface area (Å²) in [6.45, 7) is 4.36. The van der Waals surface area contributed by atoms with Crippen molar-refractivity contribution in [1.29, 1.82) is 0 Å². The number of hydrogen-bond acceptors (Lipinski definition) is 5. The van der Waals surface area contributed by atoms with Crippen molar-refractivity contribution in [3.63, 3.8) is 0 Å². The zero-order valence-corrected chi connectivity index (χ0v) is 18.7. The molecule has 8 heteroatoms. The van der Waals surface area contributed by atoms with Crippen LogP contribution >= 0.6 is 0 Å². The summed E-state index contributed by atoms with van der Waals surface area (Å²) >= 11 is 0. The molecule has 2 heterocycles. The van der Waals surface area contributed by atoms with E-state index in [1.807, 2.05) is 38.1 Å². The number of fused-ring (bicyclic) bond motifs is 1. The van der Waals surface area contributed by atoms with Crippen LogP contribution < -0.4 is 19.7 Å². The van der Waals surface area contributed by atoms with Gasteiger partial charge in [0, 0.05) is 19.0 Å². The van der Waals surface area contributed by atoms with E-state index in [4.69, 9.17) is 9.47 Å². The van der Waals surface area contributed by atoms with E-state index >= 15 is 0 Å². The number of hydrogen-bond donors (Lipinski definition) is 2. The minimum absolute atomic E-state index is 0.113. The van der Waals surface area contributed by atoms with Crippen LogP contribution in [0.15, 0.2) is 42.5 Å². The maximum Gasteiger partial charge on any atom is 0.227 e. The number of aromatic amines is 1. The molecule has 1 fully saturated rings. The summed E-state index contributed by atoms with van der Waals surface area (Å²) < 4.78 is 10.7. The van der Waals surface area contributed by atoms with Crippen molar-refractivity contribution in [1.82, 2.24) is 15.3 Å². The Morgan fingerprint density at radius 1 is 1.19 bits per heavy atom. The van der Waals surface area contributed by atoms with E-state index in [0.717, 1.165) is 11.0 Å². The Labute approximate surface area is 186 Å². The van der Waals surface area contributed by atoms with Crippen LogP contribution in [0.1, 0.15) is 32.1 Å². The lowest BCUT2D eigenvalue weighted by Crippen LogP contribution is -2.38. The molecule has 0 bridgehead atoms. The van der Waals surface area contributed by atoms with Crippen molar-refractivity contribution in [2.45, 2.75) is 26.3 Å². The number of benzene rings is 2. The lowest BCUT2D eigenvalue weighted by atomic mass is 10.0. The van der Waals surface area contributed by atoms with Gasteiger partial charge in [-0.2, -0.15) is 0 Å². The predicted octanol–water partition coefficient (Wildman–Crippen LogP) is 3.45. The molecule has 2 aromatic carbocycles. The number of nitrogens with one attached hydrogen (secondary N) is 2.